The van der Waals surface area contributed by atoms with Crippen LogP contribution < -0.4 is 10.9 Å². The molecule has 1 fully saturated rings. The monoisotopic (exact) mass is 248 g/mol. The predicted molar refractivity (Wildman–Crippen MR) is 69.6 cm³/mol. The van der Waals surface area contributed by atoms with E-state index in [0.29, 0.717) is 0 Å². The van der Waals surface area contributed by atoms with Gasteiger partial charge in [0.1, 0.15) is 0 Å². The molecule has 0 bridgehead atoms. The van der Waals surface area contributed by atoms with E-state index < -0.39 is 0 Å². The Morgan fingerprint density at radius 3 is 2.94 bits per heavy atom. The smallest absolute Gasteiger partial charge is 0.256 e. The summed E-state index contributed by atoms with van der Waals surface area (Å²) in [5, 5.41) is 3.25. The molecule has 2 aliphatic rings. The normalized spacial score (nSPS) is 20.0. The van der Waals surface area contributed by atoms with E-state index in [9.17, 15) is 4.79 Å². The van der Waals surface area contributed by atoms with Gasteiger partial charge in [0.05, 0.1) is 12.0 Å². The van der Waals surface area contributed by atoms with E-state index >= 15 is 0 Å². The summed E-state index contributed by atoms with van der Waals surface area (Å²) >= 11 is 0. The van der Waals surface area contributed by atoms with Crippen LogP contribution in [0.25, 0.3) is 0 Å². The van der Waals surface area contributed by atoms with Crippen LogP contribution in [0.3, 0.4) is 0 Å². The summed E-state index contributed by atoms with van der Waals surface area (Å²) in [5.74, 6) is 0. The van der Waals surface area contributed by atoms with E-state index in [1.54, 1.807) is 10.9 Å². The molecule has 18 heavy (non-hydrogen) atoms. The Labute approximate surface area is 107 Å². The van der Waals surface area contributed by atoms with Crippen LogP contribution in [0.4, 0.5) is 0 Å². The highest BCUT2D eigenvalue weighted by Gasteiger charge is 2.16. The molecule has 0 saturated carbocycles. The van der Waals surface area contributed by atoms with Crippen LogP contribution in [-0.4, -0.2) is 40.6 Å². The van der Waals surface area contributed by atoms with Crippen LogP contribution in [0.5, 0.6) is 0 Å². The van der Waals surface area contributed by atoms with Crippen molar-refractivity contribution in [3.8, 4) is 0 Å². The average Bonchev–Trinajstić information content (AvgIpc) is 2.91. The molecule has 0 aliphatic carbocycles. The Morgan fingerprint density at radius 1 is 1.28 bits per heavy atom. The third kappa shape index (κ3) is 2.33. The lowest BCUT2D eigenvalue weighted by molar-refractivity contribution is 0.319. The highest BCUT2D eigenvalue weighted by Crippen LogP contribution is 2.08. The van der Waals surface area contributed by atoms with Crippen molar-refractivity contribution in [2.45, 2.75) is 32.4 Å². The molecular formula is C13H20N4O. The fourth-order valence-electron chi connectivity index (χ4n) is 2.80. The zero-order valence-corrected chi connectivity index (χ0v) is 10.7. The molecule has 0 radical (unpaired) electrons. The lowest BCUT2D eigenvalue weighted by Crippen LogP contribution is -2.36. The first kappa shape index (κ1) is 11.9. The van der Waals surface area contributed by atoms with E-state index in [0.717, 1.165) is 43.9 Å². The summed E-state index contributed by atoms with van der Waals surface area (Å²) in [6.45, 7) is 5.72. The number of hydrogen-bond acceptors (Lipinski definition) is 4. The maximum atomic E-state index is 12.3. The highest BCUT2D eigenvalue weighted by atomic mass is 16.1. The fraction of sp³-hybridized carbons (Fsp3) is 0.692. The van der Waals surface area contributed by atoms with Gasteiger partial charge in [-0.05, 0) is 38.9 Å². The number of likely N-dealkylation sites (tertiary alicyclic amines) is 1. The average molecular weight is 248 g/mol. The standard InChI is InChI=1S/C13H20N4O/c18-13-11-3-4-14-9-12(11)15-10-17(13)8-7-16-5-1-2-6-16/h10,14H,1-9H2. The van der Waals surface area contributed by atoms with E-state index in [4.69, 9.17) is 0 Å². The summed E-state index contributed by atoms with van der Waals surface area (Å²) < 4.78 is 1.78. The van der Waals surface area contributed by atoms with Crippen molar-refractivity contribution in [3.05, 3.63) is 27.9 Å². The second-order valence-corrected chi connectivity index (χ2v) is 5.14. The van der Waals surface area contributed by atoms with E-state index in [2.05, 4.69) is 15.2 Å². The molecule has 0 aromatic carbocycles. The van der Waals surface area contributed by atoms with Gasteiger partial charge >= 0.3 is 0 Å². The number of fused-ring (bicyclic) bond motifs is 1. The molecule has 3 heterocycles. The van der Waals surface area contributed by atoms with Gasteiger partial charge < -0.3 is 10.2 Å². The molecule has 98 valence electrons. The number of nitrogens with one attached hydrogen (secondary N) is 1. The molecular weight excluding hydrogens is 228 g/mol. The number of hydrogen-bond donors (Lipinski definition) is 1. The van der Waals surface area contributed by atoms with Crippen molar-refractivity contribution in [1.29, 1.82) is 0 Å². The molecule has 1 aromatic heterocycles. The van der Waals surface area contributed by atoms with E-state index in [-0.39, 0.29) is 5.56 Å². The molecule has 3 rings (SSSR count). The molecule has 1 N–H and O–H groups in total. The minimum Gasteiger partial charge on any atom is -0.311 e. The quantitative estimate of drug-likeness (QED) is 0.817. The predicted octanol–water partition coefficient (Wildman–Crippen LogP) is -0.0152. The summed E-state index contributed by atoms with van der Waals surface area (Å²) in [7, 11) is 0. The molecule has 5 heteroatoms. The minimum atomic E-state index is 0.167. The van der Waals surface area contributed by atoms with Gasteiger partial charge in [-0.1, -0.05) is 0 Å². The van der Waals surface area contributed by atoms with Crippen LogP contribution >= 0.6 is 0 Å². The maximum absolute atomic E-state index is 12.3. The van der Waals surface area contributed by atoms with Crippen molar-refractivity contribution in [2.75, 3.05) is 26.2 Å². The van der Waals surface area contributed by atoms with Gasteiger partial charge in [0.25, 0.3) is 5.56 Å². The molecule has 5 nitrogen and oxygen atoms in total. The molecule has 2 aliphatic heterocycles. The largest absolute Gasteiger partial charge is 0.311 e. The first-order chi connectivity index (χ1) is 8.84. The molecule has 1 aromatic rings. The Balaban J connectivity index is 1.74. The van der Waals surface area contributed by atoms with Crippen molar-refractivity contribution >= 4 is 0 Å². The van der Waals surface area contributed by atoms with Crippen molar-refractivity contribution in [2.24, 2.45) is 0 Å². The third-order valence-electron chi connectivity index (χ3n) is 3.92. The summed E-state index contributed by atoms with van der Waals surface area (Å²) in [6.07, 6.45) is 5.11. The molecule has 0 unspecified atom stereocenters. The van der Waals surface area contributed by atoms with Gasteiger partial charge in [0.15, 0.2) is 0 Å². The van der Waals surface area contributed by atoms with Crippen molar-refractivity contribution in [1.82, 2.24) is 19.8 Å². The number of aromatic nitrogens is 2. The summed E-state index contributed by atoms with van der Waals surface area (Å²) in [4.78, 5) is 19.1. The fourth-order valence-corrected chi connectivity index (χ4v) is 2.80. The second kappa shape index (κ2) is 5.20. The van der Waals surface area contributed by atoms with Gasteiger partial charge in [-0.15, -0.1) is 0 Å². The van der Waals surface area contributed by atoms with Crippen LogP contribution in [0.1, 0.15) is 24.1 Å². The Bertz CT molecular complexity index is 476. The second-order valence-electron chi connectivity index (χ2n) is 5.14. The molecule has 0 amide bonds. The van der Waals surface area contributed by atoms with E-state index in [1.807, 2.05) is 0 Å². The highest BCUT2D eigenvalue weighted by molar-refractivity contribution is 5.19. The van der Waals surface area contributed by atoms with Gasteiger partial charge in [0, 0.05) is 25.2 Å². The maximum Gasteiger partial charge on any atom is 0.256 e. The Kier molecular flexibility index (Phi) is 3.43. The third-order valence-corrected chi connectivity index (χ3v) is 3.92. The summed E-state index contributed by atoms with van der Waals surface area (Å²) in [6, 6.07) is 0. The van der Waals surface area contributed by atoms with Crippen molar-refractivity contribution in [3.63, 3.8) is 0 Å². The SMILES string of the molecule is O=c1c2c(ncn1CCN1CCCC1)CNCC2. The first-order valence-corrected chi connectivity index (χ1v) is 6.85. The van der Waals surface area contributed by atoms with Crippen LogP contribution in [0.15, 0.2) is 11.1 Å². The topological polar surface area (TPSA) is 50.2 Å². The zero-order valence-electron chi connectivity index (χ0n) is 10.7. The molecule has 0 atom stereocenters. The van der Waals surface area contributed by atoms with E-state index in [1.165, 1.54) is 25.9 Å². The van der Waals surface area contributed by atoms with Gasteiger partial charge in [-0.3, -0.25) is 9.36 Å². The minimum absolute atomic E-state index is 0.167. The van der Waals surface area contributed by atoms with Crippen LogP contribution in [0.2, 0.25) is 0 Å². The number of rotatable bonds is 3. The number of nitrogens with zero attached hydrogens (tertiary/aromatic N) is 3. The Hall–Kier alpha value is -1.20. The van der Waals surface area contributed by atoms with Gasteiger partial charge in [0.2, 0.25) is 0 Å². The lowest BCUT2D eigenvalue weighted by atomic mass is 10.1. The van der Waals surface area contributed by atoms with Gasteiger partial charge in [-0.2, -0.15) is 0 Å². The molecule has 1 saturated heterocycles. The van der Waals surface area contributed by atoms with Crippen LogP contribution in [-0.2, 0) is 19.5 Å². The van der Waals surface area contributed by atoms with Crippen molar-refractivity contribution < 1.29 is 0 Å². The van der Waals surface area contributed by atoms with Gasteiger partial charge in [-0.25, -0.2) is 4.98 Å². The zero-order chi connectivity index (χ0) is 12.4. The lowest BCUT2D eigenvalue weighted by Gasteiger charge is -2.18. The first-order valence-electron chi connectivity index (χ1n) is 6.85. The molecule has 0 spiro atoms. The Morgan fingerprint density at radius 2 is 2.11 bits per heavy atom. The van der Waals surface area contributed by atoms with Crippen LogP contribution in [0, 0.1) is 0 Å². The summed E-state index contributed by atoms with van der Waals surface area (Å²) in [5.41, 5.74) is 2.02.